The Labute approximate surface area is 107 Å². The fourth-order valence-electron chi connectivity index (χ4n) is 1.50. The molecule has 0 bridgehead atoms. The van der Waals surface area contributed by atoms with Crippen molar-refractivity contribution < 1.29 is 8.78 Å². The molecule has 2 aromatic carbocycles. The molecule has 0 aliphatic heterocycles. The van der Waals surface area contributed by atoms with Crippen molar-refractivity contribution in [3.05, 3.63) is 64.1 Å². The molecule has 0 atom stereocenters. The summed E-state index contributed by atoms with van der Waals surface area (Å²) in [6.07, 6.45) is 0. The predicted molar refractivity (Wildman–Crippen MR) is 67.8 cm³/mol. The number of nitrogens with one attached hydrogen (secondary N) is 1. The van der Waals surface area contributed by atoms with E-state index in [2.05, 4.69) is 21.2 Å². The van der Waals surface area contributed by atoms with Crippen molar-refractivity contribution in [3.8, 4) is 0 Å². The Morgan fingerprint density at radius 1 is 1.06 bits per heavy atom. The topological polar surface area (TPSA) is 12.0 Å². The summed E-state index contributed by atoms with van der Waals surface area (Å²) in [5.41, 5.74) is 1.30. The second-order valence-electron chi connectivity index (χ2n) is 3.58. The van der Waals surface area contributed by atoms with Crippen LogP contribution in [0.4, 0.5) is 14.5 Å². The molecule has 0 radical (unpaired) electrons. The van der Waals surface area contributed by atoms with Crippen molar-refractivity contribution in [1.29, 1.82) is 0 Å². The zero-order chi connectivity index (χ0) is 12.3. The summed E-state index contributed by atoms with van der Waals surface area (Å²) >= 11 is 3.13. The van der Waals surface area contributed by atoms with Gasteiger partial charge in [0.2, 0.25) is 0 Å². The van der Waals surface area contributed by atoms with Crippen molar-refractivity contribution in [3.63, 3.8) is 0 Å². The van der Waals surface area contributed by atoms with E-state index in [1.807, 2.05) is 30.3 Å². The van der Waals surface area contributed by atoms with Crippen LogP contribution in [-0.2, 0) is 6.54 Å². The van der Waals surface area contributed by atoms with Crippen LogP contribution >= 0.6 is 15.9 Å². The van der Waals surface area contributed by atoms with E-state index in [1.165, 1.54) is 6.07 Å². The molecule has 88 valence electrons. The molecular formula is C13H10BrF2N. The smallest absolute Gasteiger partial charge is 0.150 e. The van der Waals surface area contributed by atoms with Crippen molar-refractivity contribution >= 4 is 21.6 Å². The van der Waals surface area contributed by atoms with Crippen LogP contribution in [0.15, 0.2) is 46.9 Å². The van der Waals surface area contributed by atoms with E-state index < -0.39 is 11.6 Å². The molecule has 0 aromatic heterocycles. The second kappa shape index (κ2) is 5.27. The molecule has 0 fully saturated rings. The zero-order valence-corrected chi connectivity index (χ0v) is 10.5. The third-order valence-corrected chi connectivity index (χ3v) is 2.94. The van der Waals surface area contributed by atoms with E-state index in [4.69, 9.17) is 0 Å². The highest BCUT2D eigenvalue weighted by atomic mass is 79.9. The molecular weight excluding hydrogens is 288 g/mol. The summed E-state index contributed by atoms with van der Waals surface area (Å²) in [7, 11) is 0. The molecule has 0 aliphatic carbocycles. The minimum absolute atomic E-state index is 0.273. The molecule has 0 amide bonds. The summed E-state index contributed by atoms with van der Waals surface area (Å²) in [6.45, 7) is 0.488. The SMILES string of the molecule is Fc1cc(F)c(NCc2ccccc2)c(Br)c1. The minimum Gasteiger partial charge on any atom is -0.378 e. The van der Waals surface area contributed by atoms with E-state index in [0.29, 0.717) is 11.0 Å². The van der Waals surface area contributed by atoms with Crippen molar-refractivity contribution in [2.45, 2.75) is 6.54 Å². The van der Waals surface area contributed by atoms with Crippen LogP contribution < -0.4 is 5.32 Å². The quantitative estimate of drug-likeness (QED) is 0.889. The monoisotopic (exact) mass is 297 g/mol. The highest BCUT2D eigenvalue weighted by molar-refractivity contribution is 9.10. The van der Waals surface area contributed by atoms with Crippen molar-refractivity contribution in [1.82, 2.24) is 0 Å². The Hall–Kier alpha value is -1.42. The Morgan fingerprint density at radius 3 is 2.41 bits per heavy atom. The molecule has 0 heterocycles. The number of hydrogen-bond acceptors (Lipinski definition) is 1. The number of hydrogen-bond donors (Lipinski definition) is 1. The van der Waals surface area contributed by atoms with Gasteiger partial charge in [0.25, 0.3) is 0 Å². The fourth-order valence-corrected chi connectivity index (χ4v) is 2.05. The Morgan fingerprint density at radius 2 is 1.76 bits per heavy atom. The predicted octanol–water partition coefficient (Wildman–Crippen LogP) is 4.34. The van der Waals surface area contributed by atoms with E-state index in [9.17, 15) is 8.78 Å². The van der Waals surface area contributed by atoms with Gasteiger partial charge in [0.15, 0.2) is 0 Å². The first-order valence-corrected chi connectivity index (χ1v) is 5.88. The molecule has 0 unspecified atom stereocenters. The second-order valence-corrected chi connectivity index (χ2v) is 4.44. The number of benzene rings is 2. The molecule has 17 heavy (non-hydrogen) atoms. The van der Waals surface area contributed by atoms with Crippen LogP contribution in [0.3, 0.4) is 0 Å². The van der Waals surface area contributed by atoms with Gasteiger partial charge in [0.05, 0.1) is 5.69 Å². The Kier molecular flexibility index (Phi) is 3.74. The lowest BCUT2D eigenvalue weighted by Crippen LogP contribution is -2.02. The molecule has 0 saturated carbocycles. The summed E-state index contributed by atoms with van der Waals surface area (Å²) < 4.78 is 26.7. The standard InChI is InChI=1S/C13H10BrF2N/c14-11-6-10(15)7-12(16)13(11)17-8-9-4-2-1-3-5-9/h1-7,17H,8H2. The molecule has 1 nitrogen and oxygen atoms in total. The Balaban J connectivity index is 2.15. The lowest BCUT2D eigenvalue weighted by molar-refractivity contribution is 0.583. The van der Waals surface area contributed by atoms with Gasteiger partial charge in [-0.05, 0) is 27.6 Å². The van der Waals surface area contributed by atoms with Crippen LogP contribution in [0.25, 0.3) is 0 Å². The largest absolute Gasteiger partial charge is 0.378 e. The van der Waals surface area contributed by atoms with E-state index >= 15 is 0 Å². The molecule has 0 aliphatic rings. The van der Waals surface area contributed by atoms with E-state index in [1.54, 1.807) is 0 Å². The van der Waals surface area contributed by atoms with Crippen LogP contribution in [0.5, 0.6) is 0 Å². The van der Waals surface area contributed by atoms with Gasteiger partial charge in [-0.1, -0.05) is 30.3 Å². The molecule has 4 heteroatoms. The maximum absolute atomic E-state index is 13.5. The van der Waals surface area contributed by atoms with Gasteiger partial charge in [0.1, 0.15) is 11.6 Å². The normalized spacial score (nSPS) is 10.3. The molecule has 1 N–H and O–H groups in total. The lowest BCUT2D eigenvalue weighted by Gasteiger charge is -2.09. The van der Waals surface area contributed by atoms with Crippen molar-refractivity contribution in [2.24, 2.45) is 0 Å². The lowest BCUT2D eigenvalue weighted by atomic mass is 10.2. The van der Waals surface area contributed by atoms with Crippen molar-refractivity contribution in [2.75, 3.05) is 5.32 Å². The van der Waals surface area contributed by atoms with Crippen LogP contribution in [-0.4, -0.2) is 0 Å². The number of anilines is 1. The van der Waals surface area contributed by atoms with Gasteiger partial charge < -0.3 is 5.32 Å². The maximum atomic E-state index is 13.5. The third-order valence-electron chi connectivity index (χ3n) is 2.32. The fraction of sp³-hybridized carbons (Fsp3) is 0.0769. The molecule has 0 saturated heterocycles. The van der Waals surface area contributed by atoms with E-state index in [-0.39, 0.29) is 5.69 Å². The first-order chi connectivity index (χ1) is 8.16. The van der Waals surface area contributed by atoms with Gasteiger partial charge in [-0.3, -0.25) is 0 Å². The first kappa shape index (κ1) is 12.0. The summed E-state index contributed by atoms with van der Waals surface area (Å²) in [5.74, 6) is -1.20. The first-order valence-electron chi connectivity index (χ1n) is 5.09. The van der Waals surface area contributed by atoms with Crippen LogP contribution in [0.1, 0.15) is 5.56 Å². The van der Waals surface area contributed by atoms with Gasteiger partial charge in [-0.25, -0.2) is 8.78 Å². The summed E-state index contributed by atoms with van der Waals surface area (Å²) in [6, 6.07) is 11.7. The Bertz CT molecular complexity index is 491. The zero-order valence-electron chi connectivity index (χ0n) is 8.88. The van der Waals surface area contributed by atoms with Gasteiger partial charge >= 0.3 is 0 Å². The third kappa shape index (κ3) is 3.03. The van der Waals surface area contributed by atoms with Gasteiger partial charge in [-0.2, -0.15) is 0 Å². The molecule has 0 spiro atoms. The van der Waals surface area contributed by atoms with Gasteiger partial charge in [-0.15, -0.1) is 0 Å². The van der Waals surface area contributed by atoms with E-state index in [0.717, 1.165) is 11.6 Å². The van der Waals surface area contributed by atoms with Crippen LogP contribution in [0, 0.1) is 11.6 Å². The maximum Gasteiger partial charge on any atom is 0.150 e. The summed E-state index contributed by atoms with van der Waals surface area (Å²) in [4.78, 5) is 0. The van der Waals surface area contributed by atoms with Gasteiger partial charge in [0, 0.05) is 17.1 Å². The highest BCUT2D eigenvalue weighted by Gasteiger charge is 2.08. The average molecular weight is 298 g/mol. The van der Waals surface area contributed by atoms with Crippen LogP contribution in [0.2, 0.25) is 0 Å². The number of rotatable bonds is 3. The number of halogens is 3. The molecule has 2 aromatic rings. The molecule has 2 rings (SSSR count). The minimum atomic E-state index is -0.604. The summed E-state index contributed by atoms with van der Waals surface area (Å²) in [5, 5.41) is 2.94. The highest BCUT2D eigenvalue weighted by Crippen LogP contribution is 2.27. The average Bonchev–Trinajstić information content (AvgIpc) is 2.29.